The first-order chi connectivity index (χ1) is 17.7. The first-order valence-corrected chi connectivity index (χ1v) is 14.1. The van der Waals surface area contributed by atoms with Gasteiger partial charge in [-0.05, 0) is 37.0 Å². The largest absolute Gasteiger partial charge is 0.495 e. The van der Waals surface area contributed by atoms with Gasteiger partial charge in [-0.15, -0.1) is 0 Å². The smallest absolute Gasteiger partial charge is 0.303 e. The molecule has 0 N–H and O–H groups in total. The van der Waals surface area contributed by atoms with Crippen LogP contribution in [0.1, 0.15) is 38.4 Å². The van der Waals surface area contributed by atoms with Gasteiger partial charge < -0.3 is 19.3 Å². The van der Waals surface area contributed by atoms with Crippen LogP contribution in [-0.2, 0) is 24.3 Å². The normalized spacial score (nSPS) is 19.8. The minimum absolute atomic E-state index is 0.245. The lowest BCUT2D eigenvalue weighted by Crippen LogP contribution is -2.50. The van der Waals surface area contributed by atoms with Gasteiger partial charge in [-0.25, -0.2) is 8.42 Å². The van der Waals surface area contributed by atoms with Gasteiger partial charge in [0.2, 0.25) is 16.1 Å². The number of nitrogens with zero attached hydrogens (tertiary/aromatic N) is 3. The Balaban J connectivity index is 1.51. The highest BCUT2D eigenvalue weighted by molar-refractivity contribution is 7.89. The molecule has 4 rings (SSSR count). The number of hydrogen-bond acceptors (Lipinski definition) is 7. The van der Waals surface area contributed by atoms with Gasteiger partial charge in [0.1, 0.15) is 5.75 Å². The van der Waals surface area contributed by atoms with E-state index in [-0.39, 0.29) is 10.8 Å². The topological polar surface area (TPSA) is 96.5 Å². The molecular formula is C27H35N3O6S. The summed E-state index contributed by atoms with van der Waals surface area (Å²) in [4.78, 5) is 29.0. The number of piperazine rings is 1. The van der Waals surface area contributed by atoms with E-state index in [0.717, 1.165) is 12.8 Å². The van der Waals surface area contributed by atoms with Crippen molar-refractivity contribution < 1.29 is 27.5 Å². The van der Waals surface area contributed by atoms with Crippen LogP contribution < -0.4 is 9.64 Å². The lowest BCUT2D eigenvalue weighted by atomic mass is 10.0. The Bertz CT molecular complexity index is 1210. The highest BCUT2D eigenvalue weighted by atomic mass is 32.2. The number of benzene rings is 2. The first kappa shape index (κ1) is 26.9. The van der Waals surface area contributed by atoms with E-state index in [1.54, 1.807) is 58.8 Å². The average Bonchev–Trinajstić information content (AvgIpc) is 2.91. The summed E-state index contributed by atoms with van der Waals surface area (Å²) in [6.07, 6.45) is 0.891. The predicted octanol–water partition coefficient (Wildman–Crippen LogP) is 3.07. The van der Waals surface area contributed by atoms with Crippen molar-refractivity contribution in [1.82, 2.24) is 9.21 Å². The summed E-state index contributed by atoms with van der Waals surface area (Å²) in [6.45, 7) is 6.17. The molecule has 0 aromatic heterocycles. The molecule has 2 saturated heterocycles. The number of carbonyl (C=O) groups excluding carboxylic acids is 2. The molecule has 2 aliphatic rings. The fourth-order valence-corrected chi connectivity index (χ4v) is 6.60. The summed E-state index contributed by atoms with van der Waals surface area (Å²) in [5.41, 5.74) is 1.30. The van der Waals surface area contributed by atoms with E-state index >= 15 is 0 Å². The number of hydrogen-bond donors (Lipinski definition) is 0. The molecule has 2 fully saturated rings. The molecule has 200 valence electrons. The molecule has 2 atom stereocenters. The van der Waals surface area contributed by atoms with Crippen LogP contribution in [0.25, 0.3) is 0 Å². The molecule has 0 aliphatic carbocycles. The van der Waals surface area contributed by atoms with E-state index in [0.29, 0.717) is 62.2 Å². The van der Waals surface area contributed by atoms with E-state index in [1.165, 1.54) is 6.92 Å². The lowest BCUT2D eigenvalue weighted by Gasteiger charge is -2.38. The van der Waals surface area contributed by atoms with Gasteiger partial charge in [0.25, 0.3) is 5.91 Å². The molecule has 0 radical (unpaired) electrons. The van der Waals surface area contributed by atoms with Crippen molar-refractivity contribution in [2.75, 3.05) is 51.3 Å². The molecule has 37 heavy (non-hydrogen) atoms. The number of esters is 1. The van der Waals surface area contributed by atoms with E-state index < -0.39 is 22.1 Å². The third-order valence-corrected chi connectivity index (χ3v) is 8.81. The summed E-state index contributed by atoms with van der Waals surface area (Å²) in [5, 5.41) is 0. The number of piperidine rings is 1. The maximum Gasteiger partial charge on any atom is 0.303 e. The fraction of sp³-hybridized carbons (Fsp3) is 0.481. The molecule has 1 amide bonds. The Morgan fingerprint density at radius 2 is 1.70 bits per heavy atom. The SMILES string of the molecule is COc1ccc(S(=O)(=O)N2CCCC(C)C2)cc1N1CCN(C(=O)C(OC(C)=O)c2ccccc2)CC1. The average molecular weight is 530 g/mol. The second-order valence-corrected chi connectivity index (χ2v) is 11.6. The molecule has 10 heteroatoms. The van der Waals surface area contributed by atoms with Crippen LogP contribution in [0.4, 0.5) is 5.69 Å². The number of rotatable bonds is 7. The number of methoxy groups -OCH3 is 1. The van der Waals surface area contributed by atoms with E-state index in [4.69, 9.17) is 9.47 Å². The van der Waals surface area contributed by atoms with Gasteiger partial charge in [0.15, 0.2) is 0 Å². The van der Waals surface area contributed by atoms with E-state index in [1.807, 2.05) is 11.0 Å². The van der Waals surface area contributed by atoms with Crippen molar-refractivity contribution in [1.29, 1.82) is 0 Å². The minimum atomic E-state index is -3.62. The molecule has 0 saturated carbocycles. The molecule has 0 bridgehead atoms. The van der Waals surface area contributed by atoms with Crippen molar-refractivity contribution in [2.45, 2.75) is 37.7 Å². The number of ether oxygens (including phenoxy) is 2. The molecule has 2 aromatic rings. The molecule has 2 heterocycles. The maximum absolute atomic E-state index is 13.4. The van der Waals surface area contributed by atoms with Gasteiger partial charge >= 0.3 is 5.97 Å². The summed E-state index contributed by atoms with van der Waals surface area (Å²) in [7, 11) is -2.06. The molecule has 2 aliphatic heterocycles. The van der Waals surface area contributed by atoms with Crippen LogP contribution in [0.5, 0.6) is 5.75 Å². The van der Waals surface area contributed by atoms with Crippen LogP contribution in [0, 0.1) is 5.92 Å². The Morgan fingerprint density at radius 1 is 1.00 bits per heavy atom. The van der Waals surface area contributed by atoms with Crippen molar-refractivity contribution >= 4 is 27.6 Å². The third kappa shape index (κ3) is 6.07. The number of sulfonamides is 1. The van der Waals surface area contributed by atoms with Crippen LogP contribution in [0.3, 0.4) is 0 Å². The van der Waals surface area contributed by atoms with Gasteiger partial charge in [-0.3, -0.25) is 9.59 Å². The monoisotopic (exact) mass is 529 g/mol. The van der Waals surface area contributed by atoms with Crippen molar-refractivity contribution in [3.05, 3.63) is 54.1 Å². The minimum Gasteiger partial charge on any atom is -0.495 e. The predicted molar refractivity (Wildman–Crippen MR) is 140 cm³/mol. The quantitative estimate of drug-likeness (QED) is 0.509. The zero-order chi connectivity index (χ0) is 26.6. The van der Waals surface area contributed by atoms with Gasteiger partial charge in [-0.1, -0.05) is 37.3 Å². The summed E-state index contributed by atoms with van der Waals surface area (Å²) < 4.78 is 39.3. The third-order valence-electron chi connectivity index (χ3n) is 6.95. The number of amides is 1. The Kier molecular flexibility index (Phi) is 8.39. The fourth-order valence-electron chi connectivity index (χ4n) is 4.98. The van der Waals surface area contributed by atoms with Crippen LogP contribution in [0.2, 0.25) is 0 Å². The zero-order valence-electron chi connectivity index (χ0n) is 21.6. The highest BCUT2D eigenvalue weighted by Crippen LogP contribution is 2.34. The molecule has 2 unspecified atom stereocenters. The highest BCUT2D eigenvalue weighted by Gasteiger charge is 2.33. The van der Waals surface area contributed by atoms with E-state index in [9.17, 15) is 18.0 Å². The van der Waals surface area contributed by atoms with Crippen molar-refractivity contribution in [2.24, 2.45) is 5.92 Å². The summed E-state index contributed by atoms with van der Waals surface area (Å²) in [6, 6.07) is 13.9. The molecule has 2 aromatic carbocycles. The number of carbonyl (C=O) groups is 2. The van der Waals surface area contributed by atoms with Crippen molar-refractivity contribution in [3.63, 3.8) is 0 Å². The zero-order valence-corrected chi connectivity index (χ0v) is 22.4. The molecular weight excluding hydrogens is 494 g/mol. The first-order valence-electron chi connectivity index (χ1n) is 12.6. The lowest BCUT2D eigenvalue weighted by molar-refractivity contribution is -0.159. The van der Waals surface area contributed by atoms with Gasteiger partial charge in [-0.2, -0.15) is 4.31 Å². The maximum atomic E-state index is 13.4. The van der Waals surface area contributed by atoms with Crippen LogP contribution in [0.15, 0.2) is 53.4 Å². The summed E-state index contributed by atoms with van der Waals surface area (Å²) >= 11 is 0. The summed E-state index contributed by atoms with van der Waals surface area (Å²) in [5.74, 6) is 0.113. The van der Waals surface area contributed by atoms with Gasteiger partial charge in [0.05, 0.1) is 17.7 Å². The van der Waals surface area contributed by atoms with Crippen molar-refractivity contribution in [3.8, 4) is 5.75 Å². The molecule has 9 nitrogen and oxygen atoms in total. The standard InChI is InChI=1S/C27H35N3O6S/c1-20-8-7-13-30(19-20)37(33,34)23-11-12-25(35-3)24(18-23)28-14-16-29(17-15-28)27(32)26(36-21(2)31)22-9-5-4-6-10-22/h4-6,9-12,18,20,26H,7-8,13-17,19H2,1-3H3. The Hall–Kier alpha value is -3.11. The second-order valence-electron chi connectivity index (χ2n) is 9.66. The number of anilines is 1. The van der Waals surface area contributed by atoms with Gasteiger partial charge in [0, 0.05) is 51.8 Å². The Labute approximate surface area is 219 Å². The molecule has 0 spiro atoms. The van der Waals surface area contributed by atoms with E-state index in [2.05, 4.69) is 6.92 Å². The Morgan fingerprint density at radius 3 is 2.32 bits per heavy atom. The van der Waals surface area contributed by atoms with Crippen LogP contribution >= 0.6 is 0 Å². The van der Waals surface area contributed by atoms with Crippen LogP contribution in [-0.4, -0.2) is 75.9 Å². The second kappa shape index (κ2) is 11.5.